The molecule has 1 fully saturated rings. The molecule has 1 aliphatic rings. The maximum atomic E-state index is 13.0. The first-order chi connectivity index (χ1) is 15.4. The number of rotatable bonds is 7. The van der Waals surface area contributed by atoms with Crippen molar-refractivity contribution in [1.29, 1.82) is 0 Å². The topological polar surface area (TPSA) is 104 Å². The van der Waals surface area contributed by atoms with Gasteiger partial charge in [-0.3, -0.25) is 4.79 Å². The van der Waals surface area contributed by atoms with Gasteiger partial charge in [0.25, 0.3) is 0 Å². The molecule has 8 nitrogen and oxygen atoms in total. The van der Waals surface area contributed by atoms with Crippen molar-refractivity contribution in [2.75, 3.05) is 32.5 Å². The SMILES string of the molecule is CC(C)c1ccc(S(=O)(=O)N2CCC(C(=O)Nc3ccccc3S(=O)(=O)N(C)C)CC2)cc1. The molecule has 0 bridgehead atoms. The summed E-state index contributed by atoms with van der Waals surface area (Å²) >= 11 is 0. The van der Waals surface area contributed by atoms with Gasteiger partial charge >= 0.3 is 0 Å². The van der Waals surface area contributed by atoms with E-state index in [-0.39, 0.29) is 34.5 Å². The summed E-state index contributed by atoms with van der Waals surface area (Å²) in [5, 5.41) is 2.73. The second-order valence-electron chi connectivity index (χ2n) is 8.67. The van der Waals surface area contributed by atoms with Gasteiger partial charge in [-0.05, 0) is 48.6 Å². The highest BCUT2D eigenvalue weighted by molar-refractivity contribution is 7.89. The minimum absolute atomic E-state index is 0.0215. The third-order valence-corrected chi connectivity index (χ3v) is 9.70. The van der Waals surface area contributed by atoms with Crippen molar-refractivity contribution < 1.29 is 21.6 Å². The third-order valence-electron chi connectivity index (χ3n) is 5.91. The smallest absolute Gasteiger partial charge is 0.244 e. The summed E-state index contributed by atoms with van der Waals surface area (Å²) in [7, 11) is -4.49. The van der Waals surface area contributed by atoms with Crippen LogP contribution in [0.5, 0.6) is 0 Å². The summed E-state index contributed by atoms with van der Waals surface area (Å²) in [6, 6.07) is 13.2. The van der Waals surface area contributed by atoms with Crippen LogP contribution in [0.25, 0.3) is 0 Å². The van der Waals surface area contributed by atoms with Gasteiger partial charge in [-0.15, -0.1) is 0 Å². The highest BCUT2D eigenvalue weighted by atomic mass is 32.2. The van der Waals surface area contributed by atoms with Crippen molar-refractivity contribution in [3.63, 3.8) is 0 Å². The lowest BCUT2D eigenvalue weighted by atomic mass is 9.97. The Kier molecular flexibility index (Phi) is 7.62. The van der Waals surface area contributed by atoms with Crippen molar-refractivity contribution in [2.24, 2.45) is 5.92 Å². The molecule has 33 heavy (non-hydrogen) atoms. The summed E-state index contributed by atoms with van der Waals surface area (Å²) < 4.78 is 53.6. The summed E-state index contributed by atoms with van der Waals surface area (Å²) in [5.74, 6) is -0.404. The van der Waals surface area contributed by atoms with E-state index in [1.54, 1.807) is 30.3 Å². The normalized spacial score (nSPS) is 16.3. The van der Waals surface area contributed by atoms with E-state index in [1.807, 2.05) is 26.0 Å². The number of benzene rings is 2. The van der Waals surface area contributed by atoms with E-state index >= 15 is 0 Å². The van der Waals surface area contributed by atoms with Crippen LogP contribution in [0.1, 0.15) is 38.2 Å². The van der Waals surface area contributed by atoms with Crippen LogP contribution >= 0.6 is 0 Å². The first kappa shape index (κ1) is 25.4. The zero-order chi connectivity index (χ0) is 24.4. The van der Waals surface area contributed by atoms with Crippen LogP contribution in [0.2, 0.25) is 0 Å². The van der Waals surface area contributed by atoms with Crippen molar-refractivity contribution >= 4 is 31.6 Å². The maximum absolute atomic E-state index is 13.0. The van der Waals surface area contributed by atoms with E-state index in [1.165, 1.54) is 24.5 Å². The highest BCUT2D eigenvalue weighted by Gasteiger charge is 2.33. The van der Waals surface area contributed by atoms with E-state index in [9.17, 15) is 21.6 Å². The van der Waals surface area contributed by atoms with Gasteiger partial charge in [-0.25, -0.2) is 21.1 Å². The molecule has 0 aliphatic carbocycles. The van der Waals surface area contributed by atoms with Crippen LogP contribution in [0.3, 0.4) is 0 Å². The average Bonchev–Trinajstić information content (AvgIpc) is 2.79. The number of sulfonamides is 2. The van der Waals surface area contributed by atoms with Crippen molar-refractivity contribution in [2.45, 2.75) is 42.4 Å². The molecule has 0 radical (unpaired) electrons. The van der Waals surface area contributed by atoms with Crippen LogP contribution in [0, 0.1) is 5.92 Å². The lowest BCUT2D eigenvalue weighted by Crippen LogP contribution is -2.41. The van der Waals surface area contributed by atoms with Crippen molar-refractivity contribution in [1.82, 2.24) is 8.61 Å². The summed E-state index contributed by atoms with van der Waals surface area (Å²) in [5.41, 5.74) is 1.29. The number of para-hydroxylation sites is 1. The van der Waals surface area contributed by atoms with Gasteiger partial charge < -0.3 is 5.32 Å². The Morgan fingerprint density at radius 3 is 2.09 bits per heavy atom. The fraction of sp³-hybridized carbons (Fsp3) is 0.435. The van der Waals surface area contributed by atoms with Gasteiger partial charge in [0.05, 0.1) is 10.6 Å². The molecular weight excluding hydrogens is 462 g/mol. The Labute approximate surface area is 196 Å². The molecule has 0 spiro atoms. The van der Waals surface area contributed by atoms with Gasteiger partial charge in [-0.2, -0.15) is 4.31 Å². The zero-order valence-corrected chi connectivity index (χ0v) is 21.0. The van der Waals surface area contributed by atoms with Crippen molar-refractivity contribution in [3.8, 4) is 0 Å². The predicted molar refractivity (Wildman–Crippen MR) is 128 cm³/mol. The van der Waals surface area contributed by atoms with Gasteiger partial charge in [0.2, 0.25) is 26.0 Å². The molecule has 0 aromatic heterocycles. The average molecular weight is 494 g/mol. The number of piperidine rings is 1. The number of nitrogens with zero attached hydrogens (tertiary/aromatic N) is 2. The molecule has 10 heteroatoms. The first-order valence-electron chi connectivity index (χ1n) is 10.9. The second kappa shape index (κ2) is 9.92. The molecule has 1 amide bonds. The lowest BCUT2D eigenvalue weighted by Gasteiger charge is -2.30. The quantitative estimate of drug-likeness (QED) is 0.638. The van der Waals surface area contributed by atoms with E-state index < -0.39 is 26.0 Å². The lowest BCUT2D eigenvalue weighted by molar-refractivity contribution is -0.120. The minimum atomic E-state index is -3.72. The Hall–Kier alpha value is -2.27. The Balaban J connectivity index is 1.68. The van der Waals surface area contributed by atoms with E-state index in [2.05, 4.69) is 5.32 Å². The molecule has 180 valence electrons. The minimum Gasteiger partial charge on any atom is -0.325 e. The largest absolute Gasteiger partial charge is 0.325 e. The fourth-order valence-electron chi connectivity index (χ4n) is 3.76. The molecule has 2 aromatic rings. The molecule has 1 aliphatic heterocycles. The van der Waals surface area contributed by atoms with Crippen LogP contribution in [0.4, 0.5) is 5.69 Å². The van der Waals surface area contributed by atoms with Crippen molar-refractivity contribution in [3.05, 3.63) is 54.1 Å². The Bertz CT molecular complexity index is 1200. The maximum Gasteiger partial charge on any atom is 0.244 e. The number of amides is 1. The molecule has 1 saturated heterocycles. The van der Waals surface area contributed by atoms with E-state index in [4.69, 9.17) is 0 Å². The van der Waals surface area contributed by atoms with Gasteiger partial charge in [0, 0.05) is 33.1 Å². The monoisotopic (exact) mass is 493 g/mol. The predicted octanol–water partition coefficient (Wildman–Crippen LogP) is 3.10. The molecule has 0 saturated carbocycles. The number of nitrogens with one attached hydrogen (secondary N) is 1. The summed E-state index contributed by atoms with van der Waals surface area (Å²) in [4.78, 5) is 13.1. The molecule has 1 heterocycles. The summed E-state index contributed by atoms with van der Waals surface area (Å²) in [6.45, 7) is 4.55. The van der Waals surface area contributed by atoms with Crippen LogP contribution in [-0.2, 0) is 24.8 Å². The van der Waals surface area contributed by atoms with Crippen LogP contribution in [-0.4, -0.2) is 58.5 Å². The molecular formula is C23H31N3O5S2. The van der Waals surface area contributed by atoms with Gasteiger partial charge in [0.15, 0.2) is 0 Å². The van der Waals surface area contributed by atoms with Crippen LogP contribution in [0.15, 0.2) is 58.3 Å². The Morgan fingerprint density at radius 1 is 0.970 bits per heavy atom. The Morgan fingerprint density at radius 2 is 1.55 bits per heavy atom. The highest BCUT2D eigenvalue weighted by Crippen LogP contribution is 2.28. The van der Waals surface area contributed by atoms with Gasteiger partial charge in [0.1, 0.15) is 4.90 Å². The van der Waals surface area contributed by atoms with Gasteiger partial charge in [-0.1, -0.05) is 38.1 Å². The number of hydrogen-bond acceptors (Lipinski definition) is 5. The number of carbonyl (C=O) groups is 1. The van der Waals surface area contributed by atoms with Crippen LogP contribution < -0.4 is 5.32 Å². The number of hydrogen-bond donors (Lipinski definition) is 1. The molecule has 3 rings (SSSR count). The fourth-order valence-corrected chi connectivity index (χ4v) is 6.27. The number of anilines is 1. The van der Waals surface area contributed by atoms with E-state index in [0.717, 1.165) is 9.87 Å². The molecule has 0 unspecified atom stereocenters. The summed E-state index contributed by atoms with van der Waals surface area (Å²) in [6.07, 6.45) is 0.718. The second-order valence-corrected chi connectivity index (χ2v) is 12.7. The zero-order valence-electron chi connectivity index (χ0n) is 19.4. The molecule has 0 atom stereocenters. The molecule has 1 N–H and O–H groups in total. The molecule has 2 aromatic carbocycles. The first-order valence-corrected chi connectivity index (χ1v) is 13.7. The van der Waals surface area contributed by atoms with E-state index in [0.29, 0.717) is 18.8 Å². The standard InChI is InChI=1S/C23H31N3O5S2/c1-17(2)18-9-11-20(12-10-18)32(28,29)26-15-13-19(14-16-26)23(27)24-21-7-5-6-8-22(21)33(30,31)25(3)4/h5-12,17,19H,13-16H2,1-4H3,(H,24,27). The third kappa shape index (κ3) is 5.46. The number of carbonyl (C=O) groups excluding carboxylic acids is 1.